The van der Waals surface area contributed by atoms with Crippen LogP contribution < -0.4 is 9.64 Å². The second-order valence-corrected chi connectivity index (χ2v) is 7.65. The van der Waals surface area contributed by atoms with Crippen LogP contribution in [0, 0.1) is 18.8 Å². The van der Waals surface area contributed by atoms with Gasteiger partial charge in [0.2, 0.25) is 5.91 Å². The standard InChI is InChI=1S/C20H28N2O3/c1-14-6-7-18-17(10-14)22(20(24)13-25-18)8-4-5-19(23)21-11-15(2)9-16(3)12-21/h6-7,10,15-16H,4-5,8-9,11-13H2,1-3H3/t15-,16+. The third-order valence-electron chi connectivity index (χ3n) is 5.05. The van der Waals surface area contributed by atoms with Crippen LogP contribution in [-0.4, -0.2) is 43.0 Å². The number of aryl methyl sites for hydroxylation is 1. The van der Waals surface area contributed by atoms with E-state index >= 15 is 0 Å². The molecule has 1 aromatic carbocycles. The van der Waals surface area contributed by atoms with Gasteiger partial charge >= 0.3 is 0 Å². The van der Waals surface area contributed by atoms with Crippen LogP contribution in [0.25, 0.3) is 0 Å². The molecule has 1 fully saturated rings. The Morgan fingerprint density at radius 2 is 1.96 bits per heavy atom. The lowest BCUT2D eigenvalue weighted by Crippen LogP contribution is -2.43. The van der Waals surface area contributed by atoms with Crippen molar-refractivity contribution in [2.75, 3.05) is 31.1 Å². The van der Waals surface area contributed by atoms with E-state index in [-0.39, 0.29) is 18.4 Å². The molecule has 2 heterocycles. The summed E-state index contributed by atoms with van der Waals surface area (Å²) < 4.78 is 5.50. The second kappa shape index (κ2) is 7.46. The van der Waals surface area contributed by atoms with E-state index in [0.29, 0.717) is 31.2 Å². The van der Waals surface area contributed by atoms with Crippen molar-refractivity contribution in [3.63, 3.8) is 0 Å². The summed E-state index contributed by atoms with van der Waals surface area (Å²) in [6.45, 7) is 8.78. The first-order valence-electron chi connectivity index (χ1n) is 9.25. The van der Waals surface area contributed by atoms with E-state index in [1.54, 1.807) is 4.90 Å². The Labute approximate surface area is 149 Å². The molecule has 2 amide bonds. The van der Waals surface area contributed by atoms with Crippen molar-refractivity contribution in [2.24, 2.45) is 11.8 Å². The van der Waals surface area contributed by atoms with Gasteiger partial charge in [-0.15, -0.1) is 0 Å². The molecule has 0 N–H and O–H groups in total. The number of rotatable bonds is 4. The zero-order valence-corrected chi connectivity index (χ0v) is 15.5. The van der Waals surface area contributed by atoms with Crippen LogP contribution in [0.3, 0.4) is 0 Å². The van der Waals surface area contributed by atoms with Crippen molar-refractivity contribution >= 4 is 17.5 Å². The minimum Gasteiger partial charge on any atom is -0.482 e. The first-order valence-corrected chi connectivity index (χ1v) is 9.25. The number of carbonyl (C=O) groups excluding carboxylic acids is 2. The number of nitrogens with zero attached hydrogens (tertiary/aromatic N) is 2. The van der Waals surface area contributed by atoms with E-state index < -0.39 is 0 Å². The Morgan fingerprint density at radius 1 is 1.24 bits per heavy atom. The topological polar surface area (TPSA) is 49.9 Å². The number of hydrogen-bond donors (Lipinski definition) is 0. The molecular weight excluding hydrogens is 316 g/mol. The summed E-state index contributed by atoms with van der Waals surface area (Å²) in [4.78, 5) is 28.5. The smallest absolute Gasteiger partial charge is 0.265 e. The fourth-order valence-electron chi connectivity index (χ4n) is 3.97. The van der Waals surface area contributed by atoms with Gasteiger partial charge in [-0.2, -0.15) is 0 Å². The molecule has 0 saturated carbocycles. The number of amides is 2. The largest absolute Gasteiger partial charge is 0.482 e. The Hall–Kier alpha value is -2.04. The summed E-state index contributed by atoms with van der Waals surface area (Å²) in [5.74, 6) is 2.07. The number of anilines is 1. The zero-order valence-electron chi connectivity index (χ0n) is 15.5. The molecule has 0 unspecified atom stereocenters. The van der Waals surface area contributed by atoms with Gasteiger partial charge in [0.05, 0.1) is 5.69 Å². The second-order valence-electron chi connectivity index (χ2n) is 7.65. The van der Waals surface area contributed by atoms with E-state index in [1.165, 1.54) is 6.42 Å². The Balaban J connectivity index is 1.58. The number of hydrogen-bond acceptors (Lipinski definition) is 3. The van der Waals surface area contributed by atoms with Gasteiger partial charge < -0.3 is 14.5 Å². The quantitative estimate of drug-likeness (QED) is 0.844. The fourth-order valence-corrected chi connectivity index (χ4v) is 3.97. The molecule has 1 aromatic rings. The number of piperidine rings is 1. The predicted octanol–water partition coefficient (Wildman–Crippen LogP) is 3.01. The lowest BCUT2D eigenvalue weighted by molar-refractivity contribution is -0.134. The SMILES string of the molecule is Cc1ccc2c(c1)N(CCCC(=O)N1C[C@H](C)C[C@H](C)C1)C(=O)CO2. The summed E-state index contributed by atoms with van der Waals surface area (Å²) >= 11 is 0. The summed E-state index contributed by atoms with van der Waals surface area (Å²) in [6.07, 6.45) is 2.37. The third-order valence-corrected chi connectivity index (χ3v) is 5.05. The first-order chi connectivity index (χ1) is 11.9. The summed E-state index contributed by atoms with van der Waals surface area (Å²) in [7, 11) is 0. The molecule has 2 aliphatic rings. The Morgan fingerprint density at radius 3 is 2.68 bits per heavy atom. The van der Waals surface area contributed by atoms with Crippen molar-refractivity contribution in [1.82, 2.24) is 4.90 Å². The van der Waals surface area contributed by atoms with Gasteiger partial charge in [-0.25, -0.2) is 0 Å². The molecule has 0 radical (unpaired) electrons. The molecular formula is C20H28N2O3. The number of likely N-dealkylation sites (tertiary alicyclic amines) is 1. The van der Waals surface area contributed by atoms with Gasteiger partial charge in [0.25, 0.3) is 5.91 Å². The normalized spacial score (nSPS) is 23.2. The summed E-state index contributed by atoms with van der Waals surface area (Å²) in [6, 6.07) is 5.86. The summed E-state index contributed by atoms with van der Waals surface area (Å²) in [5, 5.41) is 0. The zero-order chi connectivity index (χ0) is 18.0. The molecule has 1 saturated heterocycles. The highest BCUT2D eigenvalue weighted by molar-refractivity contribution is 5.98. The molecule has 136 valence electrons. The molecule has 0 bridgehead atoms. The maximum Gasteiger partial charge on any atom is 0.265 e. The predicted molar refractivity (Wildman–Crippen MR) is 97.8 cm³/mol. The molecule has 2 aliphatic heterocycles. The average Bonchev–Trinajstić information content (AvgIpc) is 2.56. The highest BCUT2D eigenvalue weighted by atomic mass is 16.5. The lowest BCUT2D eigenvalue weighted by Gasteiger charge is -2.35. The van der Waals surface area contributed by atoms with Crippen LogP contribution in [-0.2, 0) is 9.59 Å². The lowest BCUT2D eigenvalue weighted by atomic mass is 9.91. The van der Waals surface area contributed by atoms with Crippen molar-refractivity contribution in [1.29, 1.82) is 0 Å². The van der Waals surface area contributed by atoms with Gasteiger partial charge in [-0.05, 0) is 49.3 Å². The average molecular weight is 344 g/mol. The number of fused-ring (bicyclic) bond motifs is 1. The molecule has 5 nitrogen and oxygen atoms in total. The van der Waals surface area contributed by atoms with E-state index in [2.05, 4.69) is 13.8 Å². The van der Waals surface area contributed by atoms with Crippen molar-refractivity contribution in [2.45, 2.75) is 40.0 Å². The molecule has 5 heteroatoms. The van der Waals surface area contributed by atoms with Crippen LogP contribution in [0.1, 0.15) is 38.7 Å². The van der Waals surface area contributed by atoms with Gasteiger partial charge in [0.1, 0.15) is 5.75 Å². The van der Waals surface area contributed by atoms with Crippen LogP contribution in [0.15, 0.2) is 18.2 Å². The monoisotopic (exact) mass is 344 g/mol. The van der Waals surface area contributed by atoms with E-state index in [4.69, 9.17) is 4.74 Å². The fraction of sp³-hybridized carbons (Fsp3) is 0.600. The van der Waals surface area contributed by atoms with Crippen LogP contribution in [0.4, 0.5) is 5.69 Å². The first kappa shape index (κ1) is 17.8. The van der Waals surface area contributed by atoms with Gasteiger partial charge in [-0.3, -0.25) is 9.59 Å². The molecule has 2 atom stereocenters. The van der Waals surface area contributed by atoms with Gasteiger partial charge in [0.15, 0.2) is 6.61 Å². The van der Waals surface area contributed by atoms with Crippen LogP contribution in [0.5, 0.6) is 5.75 Å². The maximum absolute atomic E-state index is 12.5. The molecule has 0 aliphatic carbocycles. The van der Waals surface area contributed by atoms with E-state index in [0.717, 1.165) is 30.1 Å². The van der Waals surface area contributed by atoms with Gasteiger partial charge in [0, 0.05) is 26.1 Å². The molecule has 0 aromatic heterocycles. The highest BCUT2D eigenvalue weighted by Crippen LogP contribution is 2.33. The molecule has 0 spiro atoms. The molecule has 25 heavy (non-hydrogen) atoms. The number of carbonyl (C=O) groups is 2. The van der Waals surface area contributed by atoms with E-state index in [9.17, 15) is 9.59 Å². The third kappa shape index (κ3) is 4.14. The number of ether oxygens (including phenoxy) is 1. The Kier molecular flexibility index (Phi) is 5.30. The van der Waals surface area contributed by atoms with Crippen molar-refractivity contribution < 1.29 is 14.3 Å². The molecule has 3 rings (SSSR count). The maximum atomic E-state index is 12.5. The van der Waals surface area contributed by atoms with Gasteiger partial charge in [-0.1, -0.05) is 19.9 Å². The van der Waals surface area contributed by atoms with Crippen molar-refractivity contribution in [3.05, 3.63) is 23.8 Å². The minimum absolute atomic E-state index is 0.0363. The van der Waals surface area contributed by atoms with Crippen molar-refractivity contribution in [3.8, 4) is 5.75 Å². The Bertz CT molecular complexity index is 648. The highest BCUT2D eigenvalue weighted by Gasteiger charge is 2.27. The van der Waals surface area contributed by atoms with Crippen LogP contribution in [0.2, 0.25) is 0 Å². The van der Waals surface area contributed by atoms with Crippen LogP contribution >= 0.6 is 0 Å². The number of benzene rings is 1. The minimum atomic E-state index is -0.0363. The summed E-state index contributed by atoms with van der Waals surface area (Å²) in [5.41, 5.74) is 1.92. The van der Waals surface area contributed by atoms with E-state index in [1.807, 2.05) is 30.0 Å².